The van der Waals surface area contributed by atoms with Gasteiger partial charge in [0.2, 0.25) is 0 Å². The van der Waals surface area contributed by atoms with Gasteiger partial charge in [-0.15, -0.1) is 0 Å². The number of methoxy groups -OCH3 is 1. The van der Waals surface area contributed by atoms with Gasteiger partial charge in [-0.3, -0.25) is 0 Å². The molecule has 0 amide bonds. The van der Waals surface area contributed by atoms with E-state index in [2.05, 4.69) is 21.2 Å². The lowest BCUT2D eigenvalue weighted by Gasteiger charge is -2.07. The molecule has 1 aromatic rings. The van der Waals surface area contributed by atoms with Crippen molar-refractivity contribution in [2.75, 3.05) is 33.4 Å². The standard InChI is InChI=1S/C11H15BrClNO2/c1-15-6-4-14-5-7-16-11-3-2-9(12)8-10(11)13/h2-3,8,14H,4-7H2,1H3/p+1. The Morgan fingerprint density at radius 3 is 2.75 bits per heavy atom. The molecule has 0 aliphatic carbocycles. The highest BCUT2D eigenvalue weighted by Gasteiger charge is 2.01. The number of ether oxygens (including phenoxy) is 2. The van der Waals surface area contributed by atoms with Gasteiger partial charge < -0.3 is 14.8 Å². The van der Waals surface area contributed by atoms with Crippen molar-refractivity contribution < 1.29 is 14.8 Å². The molecule has 0 unspecified atom stereocenters. The van der Waals surface area contributed by atoms with E-state index in [0.717, 1.165) is 29.9 Å². The highest BCUT2D eigenvalue weighted by Crippen LogP contribution is 2.27. The second-order valence-corrected chi connectivity index (χ2v) is 4.60. The highest BCUT2D eigenvalue weighted by atomic mass is 79.9. The Morgan fingerprint density at radius 1 is 1.31 bits per heavy atom. The predicted octanol–water partition coefficient (Wildman–Crippen LogP) is 1.69. The molecule has 0 aromatic heterocycles. The van der Waals surface area contributed by atoms with Crippen LogP contribution in [0, 0.1) is 0 Å². The first-order valence-corrected chi connectivity index (χ1v) is 6.29. The quantitative estimate of drug-likeness (QED) is 0.778. The first-order valence-electron chi connectivity index (χ1n) is 5.12. The molecule has 0 aliphatic heterocycles. The summed E-state index contributed by atoms with van der Waals surface area (Å²) in [6.45, 7) is 3.26. The summed E-state index contributed by atoms with van der Waals surface area (Å²) in [7, 11) is 1.70. The lowest BCUT2D eigenvalue weighted by atomic mass is 10.3. The summed E-state index contributed by atoms with van der Waals surface area (Å²) in [4.78, 5) is 0. The summed E-state index contributed by atoms with van der Waals surface area (Å²) in [6.07, 6.45) is 0. The van der Waals surface area contributed by atoms with E-state index in [1.165, 1.54) is 0 Å². The van der Waals surface area contributed by atoms with Gasteiger partial charge in [-0.2, -0.15) is 0 Å². The van der Waals surface area contributed by atoms with Crippen LogP contribution in [0.3, 0.4) is 0 Å². The van der Waals surface area contributed by atoms with Crippen LogP contribution in [0.5, 0.6) is 5.75 Å². The SMILES string of the molecule is COCC[NH2+]CCOc1ccc(Br)cc1Cl. The molecule has 5 heteroatoms. The fourth-order valence-corrected chi connectivity index (χ4v) is 1.92. The summed E-state index contributed by atoms with van der Waals surface area (Å²) in [6, 6.07) is 5.60. The van der Waals surface area contributed by atoms with Crippen molar-refractivity contribution in [1.82, 2.24) is 0 Å². The van der Waals surface area contributed by atoms with Crippen LogP contribution in [0.1, 0.15) is 0 Å². The van der Waals surface area contributed by atoms with Crippen LogP contribution in [0.15, 0.2) is 22.7 Å². The number of rotatable bonds is 7. The Bertz CT molecular complexity index is 323. The summed E-state index contributed by atoms with van der Waals surface area (Å²) < 4.78 is 11.4. The number of halogens is 2. The average molecular weight is 310 g/mol. The number of quaternary nitrogens is 1. The van der Waals surface area contributed by atoms with Crippen LogP contribution in [0.2, 0.25) is 5.02 Å². The van der Waals surface area contributed by atoms with Crippen LogP contribution in [-0.2, 0) is 4.74 Å². The molecule has 0 aliphatic rings. The van der Waals surface area contributed by atoms with Gasteiger partial charge in [0.25, 0.3) is 0 Å². The molecule has 1 aromatic carbocycles. The van der Waals surface area contributed by atoms with Gasteiger partial charge in [-0.1, -0.05) is 27.5 Å². The summed E-state index contributed by atoms with van der Waals surface area (Å²) in [5, 5.41) is 2.78. The molecule has 2 N–H and O–H groups in total. The molecule has 0 fully saturated rings. The zero-order chi connectivity index (χ0) is 11.8. The molecule has 0 bridgehead atoms. The van der Waals surface area contributed by atoms with Crippen LogP contribution in [-0.4, -0.2) is 33.4 Å². The third-order valence-corrected chi connectivity index (χ3v) is 2.79. The van der Waals surface area contributed by atoms with E-state index >= 15 is 0 Å². The zero-order valence-corrected chi connectivity index (χ0v) is 11.6. The molecule has 0 saturated heterocycles. The first kappa shape index (κ1) is 13.8. The van der Waals surface area contributed by atoms with Crippen molar-refractivity contribution in [2.45, 2.75) is 0 Å². The molecular formula is C11H16BrClNO2+. The van der Waals surface area contributed by atoms with E-state index in [-0.39, 0.29) is 0 Å². The Hall–Kier alpha value is -0.290. The van der Waals surface area contributed by atoms with Crippen molar-refractivity contribution in [2.24, 2.45) is 0 Å². The van der Waals surface area contributed by atoms with Gasteiger partial charge in [0.05, 0.1) is 18.2 Å². The van der Waals surface area contributed by atoms with Gasteiger partial charge in [-0.05, 0) is 18.2 Å². The Morgan fingerprint density at radius 2 is 2.06 bits per heavy atom. The van der Waals surface area contributed by atoms with Crippen molar-refractivity contribution in [3.63, 3.8) is 0 Å². The minimum absolute atomic E-state index is 0.631. The van der Waals surface area contributed by atoms with Gasteiger partial charge in [0.1, 0.15) is 18.9 Å². The van der Waals surface area contributed by atoms with Gasteiger partial charge in [-0.25, -0.2) is 0 Å². The molecule has 0 spiro atoms. The van der Waals surface area contributed by atoms with Crippen LogP contribution >= 0.6 is 27.5 Å². The Kier molecular flexibility index (Phi) is 6.80. The van der Waals surface area contributed by atoms with Crippen LogP contribution in [0.4, 0.5) is 0 Å². The molecule has 0 heterocycles. The molecule has 3 nitrogen and oxygen atoms in total. The number of hydrogen-bond acceptors (Lipinski definition) is 2. The maximum atomic E-state index is 6.01. The second kappa shape index (κ2) is 7.90. The molecular weight excluding hydrogens is 293 g/mol. The first-order chi connectivity index (χ1) is 7.74. The largest absolute Gasteiger partial charge is 0.486 e. The Balaban J connectivity index is 2.21. The lowest BCUT2D eigenvalue weighted by Crippen LogP contribution is -2.86. The van der Waals surface area contributed by atoms with Crippen LogP contribution < -0.4 is 10.1 Å². The molecule has 16 heavy (non-hydrogen) atoms. The maximum Gasteiger partial charge on any atom is 0.138 e. The third kappa shape index (κ3) is 5.16. The normalized spacial score (nSPS) is 10.4. The van der Waals surface area contributed by atoms with E-state index in [1.807, 2.05) is 18.2 Å². The third-order valence-electron chi connectivity index (χ3n) is 2.00. The van der Waals surface area contributed by atoms with E-state index in [1.54, 1.807) is 7.11 Å². The molecule has 90 valence electrons. The average Bonchev–Trinajstić information content (AvgIpc) is 2.26. The van der Waals surface area contributed by atoms with Crippen LogP contribution in [0.25, 0.3) is 0 Å². The van der Waals surface area contributed by atoms with E-state index in [4.69, 9.17) is 21.1 Å². The van der Waals surface area contributed by atoms with Gasteiger partial charge in [0.15, 0.2) is 0 Å². The number of benzene rings is 1. The van der Waals surface area contributed by atoms with Gasteiger partial charge in [0, 0.05) is 11.6 Å². The molecule has 1 rings (SSSR count). The van der Waals surface area contributed by atoms with E-state index in [9.17, 15) is 0 Å². The zero-order valence-electron chi connectivity index (χ0n) is 9.21. The lowest BCUT2D eigenvalue weighted by molar-refractivity contribution is -0.656. The maximum absolute atomic E-state index is 6.01. The number of nitrogens with two attached hydrogens (primary N) is 1. The van der Waals surface area contributed by atoms with Crippen molar-refractivity contribution in [3.05, 3.63) is 27.7 Å². The minimum atomic E-state index is 0.631. The van der Waals surface area contributed by atoms with Crippen molar-refractivity contribution in [1.29, 1.82) is 0 Å². The molecule has 0 radical (unpaired) electrons. The van der Waals surface area contributed by atoms with Gasteiger partial charge >= 0.3 is 0 Å². The second-order valence-electron chi connectivity index (χ2n) is 3.28. The topological polar surface area (TPSA) is 35.1 Å². The Labute approximate surface area is 109 Å². The smallest absolute Gasteiger partial charge is 0.138 e. The highest BCUT2D eigenvalue weighted by molar-refractivity contribution is 9.10. The summed E-state index contributed by atoms with van der Waals surface area (Å²) in [5.74, 6) is 0.727. The van der Waals surface area contributed by atoms with E-state index < -0.39 is 0 Å². The monoisotopic (exact) mass is 308 g/mol. The van der Waals surface area contributed by atoms with Crippen molar-refractivity contribution >= 4 is 27.5 Å². The predicted molar refractivity (Wildman–Crippen MR) is 68.2 cm³/mol. The van der Waals surface area contributed by atoms with E-state index in [0.29, 0.717) is 11.6 Å². The summed E-state index contributed by atoms with van der Waals surface area (Å²) >= 11 is 9.35. The van der Waals surface area contributed by atoms with Crippen molar-refractivity contribution in [3.8, 4) is 5.75 Å². The molecule has 0 saturated carbocycles. The summed E-state index contributed by atoms with van der Waals surface area (Å²) in [5.41, 5.74) is 0. The fourth-order valence-electron chi connectivity index (χ4n) is 1.19. The fraction of sp³-hybridized carbons (Fsp3) is 0.455. The minimum Gasteiger partial charge on any atom is -0.486 e. The molecule has 0 atom stereocenters. The number of hydrogen-bond donors (Lipinski definition) is 1.